The van der Waals surface area contributed by atoms with Gasteiger partial charge >= 0.3 is 5.97 Å². The van der Waals surface area contributed by atoms with Gasteiger partial charge in [-0.15, -0.1) is 0 Å². The fourth-order valence-electron chi connectivity index (χ4n) is 0.836. The van der Waals surface area contributed by atoms with E-state index in [1.54, 1.807) is 6.07 Å². The summed E-state index contributed by atoms with van der Waals surface area (Å²) in [6.07, 6.45) is 0. The van der Waals surface area contributed by atoms with Crippen LogP contribution < -0.4 is 0 Å². The summed E-state index contributed by atoms with van der Waals surface area (Å²) in [5, 5.41) is 0. The topological polar surface area (TPSA) is 39.2 Å². The molecule has 0 unspecified atom stereocenters. The van der Waals surface area contributed by atoms with Crippen LogP contribution in [0, 0.1) is 6.92 Å². The van der Waals surface area contributed by atoms with Crippen molar-refractivity contribution in [3.8, 4) is 0 Å². The molecule has 0 aliphatic heterocycles. The molecule has 0 amide bonds. The van der Waals surface area contributed by atoms with Crippen molar-refractivity contribution in [1.82, 2.24) is 4.98 Å². The first kappa shape index (κ1) is 9.19. The van der Waals surface area contributed by atoms with Gasteiger partial charge in [0.2, 0.25) is 0 Å². The van der Waals surface area contributed by atoms with Crippen molar-refractivity contribution in [3.05, 3.63) is 28.0 Å². The summed E-state index contributed by atoms with van der Waals surface area (Å²) in [5.74, 6) is -0.417. The fourth-order valence-corrected chi connectivity index (χ4v) is 1.38. The van der Waals surface area contributed by atoms with Gasteiger partial charge in [-0.2, -0.15) is 0 Å². The average Bonchev–Trinajstić information content (AvgIpc) is 2.01. The molecule has 4 heteroatoms. The zero-order valence-electron chi connectivity index (χ0n) is 6.80. The van der Waals surface area contributed by atoms with Gasteiger partial charge in [-0.1, -0.05) is 15.9 Å². The van der Waals surface area contributed by atoms with Gasteiger partial charge in [0.05, 0.1) is 7.11 Å². The number of ether oxygens (including phenoxy) is 1. The maximum Gasteiger partial charge on any atom is 0.356 e. The zero-order valence-corrected chi connectivity index (χ0v) is 8.38. The number of aryl methyl sites for hydroxylation is 1. The Morgan fingerprint density at radius 2 is 2.25 bits per heavy atom. The smallest absolute Gasteiger partial charge is 0.356 e. The minimum atomic E-state index is -0.417. The summed E-state index contributed by atoms with van der Waals surface area (Å²) in [5.41, 5.74) is 1.11. The monoisotopic (exact) mass is 229 g/mol. The van der Waals surface area contributed by atoms with Crippen LogP contribution in [-0.4, -0.2) is 18.1 Å². The van der Waals surface area contributed by atoms with E-state index in [1.807, 2.05) is 13.0 Å². The first-order chi connectivity index (χ1) is 5.63. The Hall–Kier alpha value is -0.900. The van der Waals surface area contributed by atoms with E-state index in [0.717, 1.165) is 10.2 Å². The van der Waals surface area contributed by atoms with Crippen LogP contribution in [0.15, 0.2) is 16.6 Å². The third-order valence-electron chi connectivity index (χ3n) is 1.31. The van der Waals surface area contributed by atoms with Gasteiger partial charge in [0.1, 0.15) is 5.69 Å². The molecule has 0 N–H and O–H groups in total. The number of methoxy groups -OCH3 is 1. The molecule has 0 saturated heterocycles. The van der Waals surface area contributed by atoms with Crippen LogP contribution in [0.25, 0.3) is 0 Å². The Morgan fingerprint density at radius 3 is 2.75 bits per heavy atom. The summed E-state index contributed by atoms with van der Waals surface area (Å²) in [6, 6.07) is 3.45. The lowest BCUT2D eigenvalue weighted by Gasteiger charge is -2.00. The lowest BCUT2D eigenvalue weighted by Crippen LogP contribution is -2.04. The second-order valence-electron chi connectivity index (χ2n) is 2.30. The molecule has 0 aliphatic rings. The zero-order chi connectivity index (χ0) is 9.14. The molecule has 0 atom stereocenters. The van der Waals surface area contributed by atoms with E-state index in [4.69, 9.17) is 0 Å². The molecule has 0 aromatic carbocycles. The number of carbonyl (C=O) groups excluding carboxylic acids is 1. The Balaban J connectivity index is 3.08. The molecule has 12 heavy (non-hydrogen) atoms. The Morgan fingerprint density at radius 1 is 1.58 bits per heavy atom. The van der Waals surface area contributed by atoms with Gasteiger partial charge in [-0.25, -0.2) is 9.78 Å². The number of esters is 1. The lowest BCUT2D eigenvalue weighted by molar-refractivity contribution is 0.0593. The molecular formula is C8H8BrNO2. The summed E-state index contributed by atoms with van der Waals surface area (Å²) >= 11 is 3.26. The van der Waals surface area contributed by atoms with Crippen molar-refractivity contribution >= 4 is 21.9 Å². The second kappa shape index (κ2) is 3.67. The SMILES string of the molecule is COC(=O)c1cc(Br)cc(C)n1. The van der Waals surface area contributed by atoms with Gasteiger partial charge in [0.25, 0.3) is 0 Å². The first-order valence-corrected chi connectivity index (χ1v) is 4.15. The second-order valence-corrected chi connectivity index (χ2v) is 3.22. The summed E-state index contributed by atoms with van der Waals surface area (Å²) in [4.78, 5) is 15.0. The number of hydrogen-bond acceptors (Lipinski definition) is 3. The minimum Gasteiger partial charge on any atom is -0.464 e. The average molecular weight is 230 g/mol. The number of aromatic nitrogens is 1. The van der Waals surface area contributed by atoms with Gasteiger partial charge in [-0.05, 0) is 19.1 Å². The first-order valence-electron chi connectivity index (χ1n) is 3.36. The van der Waals surface area contributed by atoms with Crippen molar-refractivity contribution in [2.45, 2.75) is 6.92 Å². The van der Waals surface area contributed by atoms with Crippen LogP contribution in [0.1, 0.15) is 16.2 Å². The molecule has 64 valence electrons. The van der Waals surface area contributed by atoms with Crippen LogP contribution >= 0.6 is 15.9 Å². The van der Waals surface area contributed by atoms with Crippen LogP contribution in [-0.2, 0) is 4.74 Å². The molecule has 0 fully saturated rings. The highest BCUT2D eigenvalue weighted by Gasteiger charge is 2.07. The van der Waals surface area contributed by atoms with Crippen LogP contribution in [0.3, 0.4) is 0 Å². The van der Waals surface area contributed by atoms with E-state index in [1.165, 1.54) is 7.11 Å². The number of nitrogens with zero attached hydrogens (tertiary/aromatic N) is 1. The molecule has 0 radical (unpaired) electrons. The molecule has 1 aromatic heterocycles. The molecule has 1 heterocycles. The Bertz CT molecular complexity index is 292. The highest BCUT2D eigenvalue weighted by atomic mass is 79.9. The standard InChI is InChI=1S/C8H8BrNO2/c1-5-3-6(9)4-7(10-5)8(11)12-2/h3-4H,1-2H3. The van der Waals surface area contributed by atoms with E-state index in [-0.39, 0.29) is 0 Å². The van der Waals surface area contributed by atoms with Crippen molar-refractivity contribution in [2.75, 3.05) is 7.11 Å². The van der Waals surface area contributed by atoms with Crippen LogP contribution in [0.5, 0.6) is 0 Å². The van der Waals surface area contributed by atoms with E-state index in [0.29, 0.717) is 5.69 Å². The third kappa shape index (κ3) is 2.04. The summed E-state index contributed by atoms with van der Waals surface area (Å²) in [6.45, 7) is 1.82. The predicted octanol–water partition coefficient (Wildman–Crippen LogP) is 1.94. The molecule has 0 aliphatic carbocycles. The van der Waals surface area contributed by atoms with Crippen LogP contribution in [0.4, 0.5) is 0 Å². The third-order valence-corrected chi connectivity index (χ3v) is 1.77. The molecule has 0 bridgehead atoms. The largest absolute Gasteiger partial charge is 0.464 e. The van der Waals surface area contributed by atoms with Gasteiger partial charge in [0.15, 0.2) is 0 Å². The Labute approximate surface area is 78.9 Å². The highest BCUT2D eigenvalue weighted by Crippen LogP contribution is 2.12. The fraction of sp³-hybridized carbons (Fsp3) is 0.250. The summed E-state index contributed by atoms with van der Waals surface area (Å²) in [7, 11) is 1.33. The van der Waals surface area contributed by atoms with Crippen molar-refractivity contribution in [1.29, 1.82) is 0 Å². The van der Waals surface area contributed by atoms with Gasteiger partial charge in [0, 0.05) is 10.2 Å². The normalized spacial score (nSPS) is 9.58. The van der Waals surface area contributed by atoms with E-state index in [9.17, 15) is 4.79 Å². The maximum absolute atomic E-state index is 11.0. The van der Waals surface area contributed by atoms with E-state index in [2.05, 4.69) is 25.7 Å². The molecule has 3 nitrogen and oxygen atoms in total. The van der Waals surface area contributed by atoms with Crippen molar-refractivity contribution in [3.63, 3.8) is 0 Å². The van der Waals surface area contributed by atoms with E-state index < -0.39 is 5.97 Å². The molecule has 0 saturated carbocycles. The number of halogens is 1. The molecule has 1 aromatic rings. The number of rotatable bonds is 1. The highest BCUT2D eigenvalue weighted by molar-refractivity contribution is 9.10. The molecule has 1 rings (SSSR count). The van der Waals surface area contributed by atoms with Crippen LogP contribution in [0.2, 0.25) is 0 Å². The lowest BCUT2D eigenvalue weighted by atomic mass is 10.3. The predicted molar refractivity (Wildman–Crippen MR) is 48.0 cm³/mol. The number of carbonyl (C=O) groups is 1. The molecule has 0 spiro atoms. The molecular weight excluding hydrogens is 222 g/mol. The van der Waals surface area contributed by atoms with Gasteiger partial charge < -0.3 is 4.74 Å². The summed E-state index contributed by atoms with van der Waals surface area (Å²) < 4.78 is 5.35. The van der Waals surface area contributed by atoms with Gasteiger partial charge in [-0.3, -0.25) is 0 Å². The van der Waals surface area contributed by atoms with Crippen molar-refractivity contribution < 1.29 is 9.53 Å². The number of pyridine rings is 1. The quantitative estimate of drug-likeness (QED) is 0.692. The van der Waals surface area contributed by atoms with Crippen molar-refractivity contribution in [2.24, 2.45) is 0 Å². The number of hydrogen-bond donors (Lipinski definition) is 0. The van der Waals surface area contributed by atoms with E-state index >= 15 is 0 Å². The minimum absolute atomic E-state index is 0.323. The Kier molecular flexibility index (Phi) is 2.81. The maximum atomic E-state index is 11.0.